The summed E-state index contributed by atoms with van der Waals surface area (Å²) in [6.45, 7) is 1.14. The molecule has 0 bridgehead atoms. The van der Waals surface area contributed by atoms with Gasteiger partial charge in [0, 0.05) is 17.8 Å². The monoisotopic (exact) mass is 321 g/mol. The molecule has 6 heteroatoms. The summed E-state index contributed by atoms with van der Waals surface area (Å²) in [6, 6.07) is 9.22. The molecule has 1 N–H and O–H groups in total. The van der Waals surface area contributed by atoms with E-state index in [-0.39, 0.29) is 0 Å². The summed E-state index contributed by atoms with van der Waals surface area (Å²) in [6.07, 6.45) is 5.53. The summed E-state index contributed by atoms with van der Waals surface area (Å²) >= 11 is -2.18. The van der Waals surface area contributed by atoms with Crippen LogP contribution in [0.3, 0.4) is 0 Å². The Hall–Kier alpha value is -1.42. The van der Waals surface area contributed by atoms with Crippen LogP contribution in [0.25, 0.3) is 0 Å². The summed E-state index contributed by atoms with van der Waals surface area (Å²) in [5, 5.41) is 8.78. The molecule has 1 fully saturated rings. The minimum absolute atomic E-state index is 0.464. The topological polar surface area (TPSA) is 85.2 Å². The molecule has 0 amide bonds. The van der Waals surface area contributed by atoms with E-state index in [2.05, 4.69) is 10.8 Å². The van der Waals surface area contributed by atoms with Gasteiger partial charge in [-0.25, -0.2) is 4.72 Å². The van der Waals surface area contributed by atoms with Gasteiger partial charge in [-0.3, -0.25) is 4.21 Å². The van der Waals surface area contributed by atoms with Gasteiger partial charge in [0.2, 0.25) is 0 Å². The van der Waals surface area contributed by atoms with E-state index in [0.29, 0.717) is 30.6 Å². The molecular weight excluding hydrogens is 300 g/mol. The third-order valence-electron chi connectivity index (χ3n) is 4.25. The molecule has 22 heavy (non-hydrogen) atoms. The maximum Gasteiger partial charge on any atom is 0.119 e. The molecular formula is C16H21N2O3S-. The normalized spacial score (nSPS) is 22.7. The van der Waals surface area contributed by atoms with Gasteiger partial charge in [-0.1, -0.05) is 19.3 Å². The molecule has 0 aromatic heterocycles. The minimum atomic E-state index is -2.18. The van der Waals surface area contributed by atoms with Crippen molar-refractivity contribution in [1.29, 1.82) is 5.26 Å². The lowest BCUT2D eigenvalue weighted by Gasteiger charge is -2.31. The maximum atomic E-state index is 10.5. The second kappa shape index (κ2) is 8.89. The molecule has 5 nitrogen and oxygen atoms in total. The van der Waals surface area contributed by atoms with Crippen molar-refractivity contribution < 1.29 is 13.5 Å². The molecule has 3 atom stereocenters. The highest BCUT2D eigenvalue weighted by molar-refractivity contribution is 7.77. The molecule has 0 aliphatic heterocycles. The highest BCUT2D eigenvalue weighted by Crippen LogP contribution is 2.32. The van der Waals surface area contributed by atoms with E-state index in [0.717, 1.165) is 25.0 Å². The Morgan fingerprint density at radius 3 is 2.59 bits per heavy atom. The van der Waals surface area contributed by atoms with E-state index >= 15 is 0 Å². The summed E-state index contributed by atoms with van der Waals surface area (Å²) in [4.78, 5) is 0. The van der Waals surface area contributed by atoms with Gasteiger partial charge in [0.05, 0.1) is 18.2 Å². The van der Waals surface area contributed by atoms with Gasteiger partial charge in [0.1, 0.15) is 5.75 Å². The molecule has 0 radical (unpaired) electrons. The van der Waals surface area contributed by atoms with Crippen molar-refractivity contribution in [3.05, 3.63) is 29.8 Å². The van der Waals surface area contributed by atoms with E-state index in [9.17, 15) is 8.76 Å². The number of nitrogens with one attached hydrogen (secondary N) is 1. The van der Waals surface area contributed by atoms with Crippen LogP contribution >= 0.6 is 0 Å². The van der Waals surface area contributed by atoms with Crippen LogP contribution in [0.15, 0.2) is 24.3 Å². The van der Waals surface area contributed by atoms with Gasteiger partial charge in [-0.05, 0) is 48.9 Å². The van der Waals surface area contributed by atoms with Crippen molar-refractivity contribution >= 4 is 11.3 Å². The predicted molar refractivity (Wildman–Crippen MR) is 83.6 cm³/mol. The van der Waals surface area contributed by atoms with Gasteiger partial charge in [0.25, 0.3) is 0 Å². The lowest BCUT2D eigenvalue weighted by molar-refractivity contribution is 0.143. The van der Waals surface area contributed by atoms with Crippen LogP contribution in [-0.2, 0) is 11.3 Å². The van der Waals surface area contributed by atoms with Crippen molar-refractivity contribution in [3.8, 4) is 11.8 Å². The largest absolute Gasteiger partial charge is 0.760 e. The number of nitriles is 1. The van der Waals surface area contributed by atoms with Gasteiger partial charge >= 0.3 is 0 Å². The Morgan fingerprint density at radius 2 is 1.95 bits per heavy atom. The summed E-state index contributed by atoms with van der Waals surface area (Å²) < 4.78 is 29.3. The lowest BCUT2D eigenvalue weighted by atomic mass is 9.78. The smallest absolute Gasteiger partial charge is 0.119 e. The fourth-order valence-electron chi connectivity index (χ4n) is 3.04. The van der Waals surface area contributed by atoms with E-state index in [4.69, 9.17) is 10.00 Å². The van der Waals surface area contributed by atoms with Crippen molar-refractivity contribution in [1.82, 2.24) is 4.72 Å². The Balaban J connectivity index is 1.82. The SMILES string of the molecule is N#Cc1ccc(OCC2CCCCC2CCNS(=O)[O-])cc1. The van der Waals surface area contributed by atoms with Crippen molar-refractivity contribution in [2.75, 3.05) is 13.2 Å². The summed E-state index contributed by atoms with van der Waals surface area (Å²) in [7, 11) is 0. The zero-order chi connectivity index (χ0) is 15.8. The molecule has 2 rings (SSSR count). The summed E-state index contributed by atoms with van der Waals surface area (Å²) in [5.74, 6) is 1.75. The Bertz CT molecular complexity index is 527. The van der Waals surface area contributed by atoms with Crippen LogP contribution in [-0.4, -0.2) is 21.9 Å². The molecule has 1 aliphatic carbocycles. The van der Waals surface area contributed by atoms with E-state index in [1.165, 1.54) is 12.8 Å². The van der Waals surface area contributed by atoms with Crippen LogP contribution in [0, 0.1) is 23.2 Å². The molecule has 1 aromatic rings. The number of benzene rings is 1. The van der Waals surface area contributed by atoms with Crippen LogP contribution < -0.4 is 9.46 Å². The first-order chi connectivity index (χ1) is 10.7. The van der Waals surface area contributed by atoms with E-state index in [1.54, 1.807) is 12.1 Å². The quantitative estimate of drug-likeness (QED) is 0.782. The third kappa shape index (κ3) is 5.41. The average molecular weight is 321 g/mol. The summed E-state index contributed by atoms with van der Waals surface area (Å²) in [5.41, 5.74) is 0.625. The number of nitrogens with zero attached hydrogens (tertiary/aromatic N) is 1. The van der Waals surface area contributed by atoms with Gasteiger partial charge < -0.3 is 9.29 Å². The van der Waals surface area contributed by atoms with E-state index < -0.39 is 11.3 Å². The molecule has 0 spiro atoms. The van der Waals surface area contributed by atoms with Crippen molar-refractivity contribution in [2.24, 2.45) is 11.8 Å². The lowest BCUT2D eigenvalue weighted by Crippen LogP contribution is -2.29. The van der Waals surface area contributed by atoms with Gasteiger partial charge in [-0.2, -0.15) is 5.26 Å². The molecule has 120 valence electrons. The number of hydrogen-bond donors (Lipinski definition) is 1. The minimum Gasteiger partial charge on any atom is -0.760 e. The first-order valence-corrected chi connectivity index (χ1v) is 8.72. The van der Waals surface area contributed by atoms with Crippen molar-refractivity contribution in [2.45, 2.75) is 32.1 Å². The predicted octanol–water partition coefficient (Wildman–Crippen LogP) is 2.52. The molecule has 3 unspecified atom stereocenters. The molecule has 1 aromatic carbocycles. The van der Waals surface area contributed by atoms with Crippen LogP contribution in [0.4, 0.5) is 0 Å². The van der Waals surface area contributed by atoms with Crippen LogP contribution in [0.5, 0.6) is 5.75 Å². The third-order valence-corrected chi connectivity index (χ3v) is 4.69. The average Bonchev–Trinajstić information content (AvgIpc) is 2.54. The fraction of sp³-hybridized carbons (Fsp3) is 0.562. The Labute approximate surface area is 134 Å². The Morgan fingerprint density at radius 1 is 1.27 bits per heavy atom. The molecule has 1 saturated carbocycles. The zero-order valence-corrected chi connectivity index (χ0v) is 13.3. The fourth-order valence-corrected chi connectivity index (χ4v) is 3.33. The molecule has 0 saturated heterocycles. The number of rotatable bonds is 7. The second-order valence-electron chi connectivity index (χ2n) is 5.67. The van der Waals surface area contributed by atoms with Gasteiger partial charge in [0.15, 0.2) is 0 Å². The van der Waals surface area contributed by atoms with Crippen molar-refractivity contribution in [3.63, 3.8) is 0 Å². The van der Waals surface area contributed by atoms with E-state index in [1.807, 2.05) is 12.1 Å². The Kier molecular flexibility index (Phi) is 6.84. The first kappa shape index (κ1) is 16.9. The number of hydrogen-bond acceptors (Lipinski definition) is 4. The standard InChI is InChI=1S/C16H22N2O3S/c17-11-13-5-7-16(8-6-13)21-12-15-4-2-1-3-14(15)9-10-18-22(19)20/h5-8,14-15,18H,1-4,9-10,12H2,(H,19,20)/p-1. The second-order valence-corrected chi connectivity index (χ2v) is 6.43. The van der Waals surface area contributed by atoms with Crippen LogP contribution in [0.2, 0.25) is 0 Å². The number of ether oxygens (including phenoxy) is 1. The maximum absolute atomic E-state index is 10.5. The molecule has 1 aliphatic rings. The molecule has 0 heterocycles. The highest BCUT2D eigenvalue weighted by Gasteiger charge is 2.25. The van der Waals surface area contributed by atoms with Crippen LogP contribution in [0.1, 0.15) is 37.7 Å². The first-order valence-electron chi connectivity index (χ1n) is 7.65. The van der Waals surface area contributed by atoms with Gasteiger partial charge in [-0.15, -0.1) is 0 Å². The highest BCUT2D eigenvalue weighted by atomic mass is 32.2. The zero-order valence-electron chi connectivity index (χ0n) is 12.5.